The van der Waals surface area contributed by atoms with Gasteiger partial charge < -0.3 is 20.7 Å². The molecule has 2 aromatic carbocycles. The van der Waals surface area contributed by atoms with Crippen molar-refractivity contribution in [2.45, 2.75) is 65.1 Å². The molecule has 0 radical (unpaired) electrons. The Morgan fingerprint density at radius 1 is 0.971 bits per heavy atom. The summed E-state index contributed by atoms with van der Waals surface area (Å²) < 4.78 is 5.19. The summed E-state index contributed by atoms with van der Waals surface area (Å²) >= 11 is 0. The third-order valence-corrected chi connectivity index (χ3v) is 5.75. The average molecular weight is 482 g/mol. The molecule has 0 aliphatic rings. The Labute approximate surface area is 209 Å². The highest BCUT2D eigenvalue weighted by Gasteiger charge is 2.25. The van der Waals surface area contributed by atoms with E-state index in [-0.39, 0.29) is 18.5 Å². The van der Waals surface area contributed by atoms with Gasteiger partial charge in [-0.15, -0.1) is 0 Å². The normalized spacial score (nSPS) is 12.6. The van der Waals surface area contributed by atoms with Gasteiger partial charge in [-0.05, 0) is 48.4 Å². The predicted octanol–water partition coefficient (Wildman–Crippen LogP) is 3.41. The van der Waals surface area contributed by atoms with Crippen LogP contribution in [0.3, 0.4) is 0 Å². The highest BCUT2D eigenvalue weighted by molar-refractivity contribution is 6.38. The Kier molecular flexibility index (Phi) is 12.0. The number of methoxy groups -OCH3 is 1. The van der Waals surface area contributed by atoms with Crippen LogP contribution in [-0.4, -0.2) is 43.3 Å². The second-order valence-electron chi connectivity index (χ2n) is 9.15. The van der Waals surface area contributed by atoms with E-state index in [9.17, 15) is 14.4 Å². The summed E-state index contributed by atoms with van der Waals surface area (Å²) in [4.78, 5) is 37.8. The molecule has 0 heterocycles. The Hall–Kier alpha value is -3.19. The van der Waals surface area contributed by atoms with Crippen LogP contribution in [0.15, 0.2) is 54.6 Å². The third-order valence-electron chi connectivity index (χ3n) is 5.75. The summed E-state index contributed by atoms with van der Waals surface area (Å²) in [5.41, 5.74) is 1.97. The first-order chi connectivity index (χ1) is 16.8. The van der Waals surface area contributed by atoms with Gasteiger partial charge in [0.2, 0.25) is 11.7 Å². The second kappa shape index (κ2) is 14.9. The fourth-order valence-electron chi connectivity index (χ4n) is 3.88. The van der Waals surface area contributed by atoms with E-state index < -0.39 is 17.7 Å². The lowest BCUT2D eigenvalue weighted by Crippen LogP contribution is -2.50. The molecular weight excluding hydrogens is 442 g/mol. The molecule has 2 unspecified atom stereocenters. The minimum atomic E-state index is -0.625. The number of amides is 2. The average Bonchev–Trinajstić information content (AvgIpc) is 2.86. The van der Waals surface area contributed by atoms with Gasteiger partial charge in [0.1, 0.15) is 5.75 Å². The third kappa shape index (κ3) is 10.3. The zero-order chi connectivity index (χ0) is 25.6. The number of ether oxygens (including phenoxy) is 1. The van der Waals surface area contributed by atoms with Gasteiger partial charge in [-0.1, -0.05) is 63.2 Å². The Balaban J connectivity index is 1.86. The lowest BCUT2D eigenvalue weighted by molar-refractivity contribution is -0.139. The van der Waals surface area contributed by atoms with Crippen LogP contribution >= 0.6 is 0 Å². The standard InChI is InChI=1S/C28H39N3O4/c1-5-25(27(33)28(34)30-18-22-12-9-13-24(17-22)35-4)29-19-23(16-20(2)3)31-26(32)15-14-21-10-7-6-8-11-21/h6-13,17,20,23,25,29H,5,14-16,18-19H2,1-4H3,(H,30,34)(H,31,32). The zero-order valence-corrected chi connectivity index (χ0v) is 21.3. The number of aryl methyl sites for hydroxylation is 1. The van der Waals surface area contributed by atoms with E-state index >= 15 is 0 Å². The maximum absolute atomic E-state index is 12.7. The number of carbonyl (C=O) groups is 3. The molecule has 0 spiro atoms. The molecule has 0 bridgehead atoms. The van der Waals surface area contributed by atoms with Crippen molar-refractivity contribution in [2.75, 3.05) is 13.7 Å². The molecule has 0 saturated heterocycles. The molecule has 2 amide bonds. The molecule has 0 aromatic heterocycles. The van der Waals surface area contributed by atoms with Crippen molar-refractivity contribution in [3.8, 4) is 5.75 Å². The lowest BCUT2D eigenvalue weighted by atomic mass is 10.0. The molecule has 0 aliphatic heterocycles. The number of rotatable bonds is 15. The maximum atomic E-state index is 12.7. The number of nitrogens with one attached hydrogen (secondary N) is 3. The van der Waals surface area contributed by atoms with Crippen LogP contribution in [0.4, 0.5) is 0 Å². The lowest BCUT2D eigenvalue weighted by Gasteiger charge is -2.24. The smallest absolute Gasteiger partial charge is 0.289 e. The minimum Gasteiger partial charge on any atom is -0.497 e. The van der Waals surface area contributed by atoms with E-state index in [1.54, 1.807) is 7.11 Å². The van der Waals surface area contributed by atoms with Crippen LogP contribution in [0.2, 0.25) is 0 Å². The van der Waals surface area contributed by atoms with Crippen LogP contribution in [0.25, 0.3) is 0 Å². The Morgan fingerprint density at radius 3 is 2.34 bits per heavy atom. The van der Waals surface area contributed by atoms with Crippen molar-refractivity contribution in [3.63, 3.8) is 0 Å². The largest absolute Gasteiger partial charge is 0.497 e. The molecule has 35 heavy (non-hydrogen) atoms. The molecule has 0 fully saturated rings. The van der Waals surface area contributed by atoms with Crippen LogP contribution in [0.1, 0.15) is 51.2 Å². The van der Waals surface area contributed by atoms with Crippen LogP contribution in [0.5, 0.6) is 5.75 Å². The first-order valence-corrected chi connectivity index (χ1v) is 12.3. The summed E-state index contributed by atoms with van der Waals surface area (Å²) in [6.45, 7) is 6.71. The van der Waals surface area contributed by atoms with E-state index in [0.717, 1.165) is 17.5 Å². The highest BCUT2D eigenvalue weighted by atomic mass is 16.5. The molecule has 2 rings (SSSR count). The minimum absolute atomic E-state index is 0.0169. The van der Waals surface area contributed by atoms with E-state index in [1.807, 2.05) is 61.5 Å². The first-order valence-electron chi connectivity index (χ1n) is 12.3. The van der Waals surface area contributed by atoms with Gasteiger partial charge in [0.05, 0.1) is 13.2 Å². The number of hydrogen-bond donors (Lipinski definition) is 3. The summed E-state index contributed by atoms with van der Waals surface area (Å²) in [5.74, 6) is -0.0818. The van der Waals surface area contributed by atoms with Gasteiger partial charge in [0, 0.05) is 25.6 Å². The number of Topliss-reactive ketones (excluding diaryl/α,β-unsaturated/α-hetero) is 1. The van der Waals surface area contributed by atoms with Gasteiger partial charge in [-0.3, -0.25) is 14.4 Å². The van der Waals surface area contributed by atoms with E-state index in [4.69, 9.17) is 4.74 Å². The van der Waals surface area contributed by atoms with Gasteiger partial charge in [-0.2, -0.15) is 0 Å². The molecule has 0 saturated carbocycles. The van der Waals surface area contributed by atoms with Gasteiger partial charge in [0.25, 0.3) is 5.91 Å². The van der Waals surface area contributed by atoms with Crippen LogP contribution in [-0.2, 0) is 27.3 Å². The molecule has 0 aliphatic carbocycles. The van der Waals surface area contributed by atoms with Crippen molar-refractivity contribution >= 4 is 17.6 Å². The van der Waals surface area contributed by atoms with Gasteiger partial charge in [0.15, 0.2) is 0 Å². The van der Waals surface area contributed by atoms with Crippen molar-refractivity contribution in [1.29, 1.82) is 0 Å². The van der Waals surface area contributed by atoms with E-state index in [0.29, 0.717) is 37.5 Å². The van der Waals surface area contributed by atoms with E-state index in [1.165, 1.54) is 0 Å². The summed E-state index contributed by atoms with van der Waals surface area (Å²) in [7, 11) is 1.58. The zero-order valence-electron chi connectivity index (χ0n) is 21.3. The molecule has 190 valence electrons. The molecule has 2 aromatic rings. The van der Waals surface area contributed by atoms with Gasteiger partial charge in [-0.25, -0.2) is 0 Å². The molecule has 7 nitrogen and oxygen atoms in total. The van der Waals surface area contributed by atoms with Crippen molar-refractivity contribution in [1.82, 2.24) is 16.0 Å². The number of carbonyl (C=O) groups excluding carboxylic acids is 3. The Morgan fingerprint density at radius 2 is 1.69 bits per heavy atom. The van der Waals surface area contributed by atoms with Crippen LogP contribution in [0, 0.1) is 5.92 Å². The quantitative estimate of drug-likeness (QED) is 0.339. The number of hydrogen-bond acceptors (Lipinski definition) is 5. The first kappa shape index (κ1) is 28.1. The monoisotopic (exact) mass is 481 g/mol. The fourth-order valence-corrected chi connectivity index (χ4v) is 3.88. The van der Waals surface area contributed by atoms with E-state index in [2.05, 4.69) is 29.8 Å². The van der Waals surface area contributed by atoms with Crippen molar-refractivity contribution < 1.29 is 19.1 Å². The summed E-state index contributed by atoms with van der Waals surface area (Å²) in [5, 5.41) is 9.00. The van der Waals surface area contributed by atoms with Crippen molar-refractivity contribution in [3.05, 3.63) is 65.7 Å². The molecular formula is C28H39N3O4. The Bertz CT molecular complexity index is 946. The molecule has 3 N–H and O–H groups in total. The van der Waals surface area contributed by atoms with Crippen LogP contribution < -0.4 is 20.7 Å². The summed E-state index contributed by atoms with van der Waals surface area (Å²) in [6.07, 6.45) is 2.33. The predicted molar refractivity (Wildman–Crippen MR) is 138 cm³/mol. The second-order valence-corrected chi connectivity index (χ2v) is 9.15. The SMILES string of the molecule is CCC(NCC(CC(C)C)NC(=O)CCc1ccccc1)C(=O)C(=O)NCc1cccc(OC)c1. The topological polar surface area (TPSA) is 96.5 Å². The summed E-state index contributed by atoms with van der Waals surface area (Å²) in [6, 6.07) is 16.5. The highest BCUT2D eigenvalue weighted by Crippen LogP contribution is 2.12. The number of ketones is 1. The van der Waals surface area contributed by atoms with Gasteiger partial charge >= 0.3 is 0 Å². The van der Waals surface area contributed by atoms with Crippen molar-refractivity contribution in [2.24, 2.45) is 5.92 Å². The number of benzene rings is 2. The molecule has 7 heteroatoms. The molecule has 2 atom stereocenters. The maximum Gasteiger partial charge on any atom is 0.289 e. The fraction of sp³-hybridized carbons (Fsp3) is 0.464.